The van der Waals surface area contributed by atoms with Gasteiger partial charge in [0.2, 0.25) is 0 Å². The second-order valence-electron chi connectivity index (χ2n) is 5.01. The van der Waals surface area contributed by atoms with Crippen LogP contribution in [-0.4, -0.2) is 35.4 Å². The molecule has 2 rings (SSSR count). The predicted octanol–water partition coefficient (Wildman–Crippen LogP) is 2.77. The molecule has 130 valence electrons. The Hall–Kier alpha value is -3.90. The zero-order chi connectivity index (χ0) is 19.1. The lowest BCUT2D eigenvalue weighted by Gasteiger charge is -2.13. The summed E-state index contributed by atoms with van der Waals surface area (Å²) in [7, 11) is 0. The van der Waals surface area contributed by atoms with Crippen molar-refractivity contribution in [3.8, 4) is 47.3 Å². The number of carboxylic acids is 2. The number of ether oxygens (including phenoxy) is 2. The fraction of sp³-hybridized carbons (Fsp3) is 0.100. The molecule has 0 atom stereocenters. The molecule has 2 aromatic carbocycles. The Morgan fingerprint density at radius 1 is 0.808 bits per heavy atom. The van der Waals surface area contributed by atoms with Crippen LogP contribution in [0.5, 0.6) is 11.5 Å². The average molecular weight is 350 g/mol. The van der Waals surface area contributed by atoms with E-state index in [4.69, 9.17) is 22.3 Å². The van der Waals surface area contributed by atoms with Crippen molar-refractivity contribution in [1.29, 1.82) is 0 Å². The number of carbonyl (C=O) groups is 2. The quantitative estimate of drug-likeness (QED) is 0.746. The van der Waals surface area contributed by atoms with Gasteiger partial charge in [-0.15, -0.1) is 12.8 Å². The van der Waals surface area contributed by atoms with Crippen molar-refractivity contribution in [2.75, 3.05) is 13.2 Å². The summed E-state index contributed by atoms with van der Waals surface area (Å²) in [5.74, 6) is 2.81. The van der Waals surface area contributed by atoms with E-state index in [1.54, 1.807) is 0 Å². The summed E-state index contributed by atoms with van der Waals surface area (Å²) >= 11 is 0. The monoisotopic (exact) mass is 350 g/mol. The molecule has 0 fully saturated rings. The van der Waals surface area contributed by atoms with Crippen LogP contribution >= 0.6 is 0 Å². The highest BCUT2D eigenvalue weighted by Crippen LogP contribution is 2.33. The third kappa shape index (κ3) is 4.14. The molecule has 6 heteroatoms. The number of rotatable bonds is 7. The molecular weight excluding hydrogens is 336 g/mol. The largest absolute Gasteiger partial charge is 0.481 e. The first-order valence-electron chi connectivity index (χ1n) is 7.35. The maximum absolute atomic E-state index is 11.6. The summed E-state index contributed by atoms with van der Waals surface area (Å²) in [6.45, 7) is -0.0219. The zero-order valence-corrected chi connectivity index (χ0v) is 13.6. The van der Waals surface area contributed by atoms with Gasteiger partial charge >= 0.3 is 11.9 Å². The standard InChI is InChI=1S/C20H14O6/c1-3-9-25-13-5-7-15(19(21)22)17(11-13)18-12-14(26-10-4-2)6-8-16(18)20(23)24/h1-2,5-8,11-12H,9-10H2,(H,21,22)(H,23,24). The Morgan fingerprint density at radius 3 is 1.50 bits per heavy atom. The number of hydrogen-bond acceptors (Lipinski definition) is 4. The topological polar surface area (TPSA) is 93.1 Å². The molecule has 0 heterocycles. The molecule has 0 aliphatic rings. The fourth-order valence-electron chi connectivity index (χ4n) is 2.29. The normalized spacial score (nSPS) is 9.62. The van der Waals surface area contributed by atoms with Gasteiger partial charge in [-0.25, -0.2) is 9.59 Å². The molecule has 0 bridgehead atoms. The third-order valence-electron chi connectivity index (χ3n) is 3.38. The molecule has 0 saturated heterocycles. The van der Waals surface area contributed by atoms with E-state index in [9.17, 15) is 19.8 Å². The summed E-state index contributed by atoms with van der Waals surface area (Å²) in [6.07, 6.45) is 10.3. The van der Waals surface area contributed by atoms with E-state index < -0.39 is 11.9 Å². The van der Waals surface area contributed by atoms with Gasteiger partial charge in [0.05, 0.1) is 11.1 Å². The van der Waals surface area contributed by atoms with Crippen LogP contribution in [-0.2, 0) is 0 Å². The molecule has 0 aliphatic heterocycles. The SMILES string of the molecule is C#CCOc1ccc(C(=O)O)c(-c2cc(OCC#C)ccc2C(=O)O)c1. The van der Waals surface area contributed by atoms with Crippen molar-refractivity contribution in [3.63, 3.8) is 0 Å². The van der Waals surface area contributed by atoms with Gasteiger partial charge in [-0.1, -0.05) is 11.8 Å². The first-order chi connectivity index (χ1) is 12.5. The molecule has 2 N–H and O–H groups in total. The number of terminal acetylenes is 2. The lowest BCUT2D eigenvalue weighted by Crippen LogP contribution is -2.06. The molecule has 0 amide bonds. The highest BCUT2D eigenvalue weighted by Gasteiger charge is 2.19. The van der Waals surface area contributed by atoms with Crippen molar-refractivity contribution in [1.82, 2.24) is 0 Å². The van der Waals surface area contributed by atoms with E-state index in [-0.39, 0.29) is 35.5 Å². The minimum atomic E-state index is -1.21. The fourth-order valence-corrected chi connectivity index (χ4v) is 2.29. The second-order valence-corrected chi connectivity index (χ2v) is 5.01. The van der Waals surface area contributed by atoms with Gasteiger partial charge in [-0.05, 0) is 36.4 Å². The molecule has 2 aromatic rings. The second kappa shape index (κ2) is 8.27. The Balaban J connectivity index is 2.66. The lowest BCUT2D eigenvalue weighted by atomic mass is 9.94. The van der Waals surface area contributed by atoms with Crippen LogP contribution < -0.4 is 9.47 Å². The van der Waals surface area contributed by atoms with Gasteiger partial charge in [0.1, 0.15) is 24.7 Å². The average Bonchev–Trinajstić information content (AvgIpc) is 2.63. The number of aromatic carboxylic acids is 2. The van der Waals surface area contributed by atoms with Gasteiger partial charge in [-0.3, -0.25) is 0 Å². The van der Waals surface area contributed by atoms with Crippen LogP contribution in [0.25, 0.3) is 11.1 Å². The van der Waals surface area contributed by atoms with Gasteiger partial charge in [0.25, 0.3) is 0 Å². The summed E-state index contributed by atoms with van der Waals surface area (Å²) in [5, 5.41) is 18.9. The Labute approximate surface area is 150 Å². The summed E-state index contributed by atoms with van der Waals surface area (Å²) in [5.41, 5.74) is 0.149. The molecule has 0 radical (unpaired) electrons. The lowest BCUT2D eigenvalue weighted by molar-refractivity contribution is 0.0684. The van der Waals surface area contributed by atoms with Crippen molar-refractivity contribution in [3.05, 3.63) is 47.5 Å². The van der Waals surface area contributed by atoms with Crippen LogP contribution in [0, 0.1) is 24.7 Å². The minimum absolute atomic E-state index is 0.0109. The van der Waals surface area contributed by atoms with Crippen molar-refractivity contribution >= 4 is 11.9 Å². The van der Waals surface area contributed by atoms with Crippen molar-refractivity contribution in [2.24, 2.45) is 0 Å². The predicted molar refractivity (Wildman–Crippen MR) is 94.5 cm³/mol. The van der Waals surface area contributed by atoms with Gasteiger partial charge in [0.15, 0.2) is 0 Å². The van der Waals surface area contributed by atoms with E-state index in [0.717, 1.165) is 0 Å². The van der Waals surface area contributed by atoms with E-state index in [2.05, 4.69) is 11.8 Å². The van der Waals surface area contributed by atoms with Crippen LogP contribution in [0.1, 0.15) is 20.7 Å². The summed E-state index contributed by atoms with van der Waals surface area (Å²) in [4.78, 5) is 23.2. The maximum Gasteiger partial charge on any atom is 0.336 e. The van der Waals surface area contributed by atoms with Gasteiger partial charge in [0, 0.05) is 11.1 Å². The smallest absolute Gasteiger partial charge is 0.336 e. The van der Waals surface area contributed by atoms with Gasteiger partial charge in [-0.2, -0.15) is 0 Å². The highest BCUT2D eigenvalue weighted by molar-refractivity contribution is 6.02. The van der Waals surface area contributed by atoms with Crippen LogP contribution in [0.2, 0.25) is 0 Å². The van der Waals surface area contributed by atoms with Crippen LogP contribution in [0.4, 0.5) is 0 Å². The first kappa shape index (κ1) is 18.4. The van der Waals surface area contributed by atoms with Gasteiger partial charge < -0.3 is 19.7 Å². The van der Waals surface area contributed by atoms with E-state index in [1.165, 1.54) is 36.4 Å². The molecular formula is C20H14O6. The van der Waals surface area contributed by atoms with E-state index in [0.29, 0.717) is 11.5 Å². The Kier molecular flexibility index (Phi) is 5.87. The summed E-state index contributed by atoms with van der Waals surface area (Å²) < 4.78 is 10.6. The van der Waals surface area contributed by atoms with Crippen LogP contribution in [0.15, 0.2) is 36.4 Å². The summed E-state index contributed by atoms with van der Waals surface area (Å²) in [6, 6.07) is 8.39. The van der Waals surface area contributed by atoms with Crippen molar-refractivity contribution in [2.45, 2.75) is 0 Å². The minimum Gasteiger partial charge on any atom is -0.481 e. The van der Waals surface area contributed by atoms with E-state index >= 15 is 0 Å². The van der Waals surface area contributed by atoms with E-state index in [1.807, 2.05) is 0 Å². The number of benzene rings is 2. The Morgan fingerprint density at radius 2 is 1.19 bits per heavy atom. The molecule has 0 spiro atoms. The van der Waals surface area contributed by atoms with Crippen molar-refractivity contribution < 1.29 is 29.3 Å². The molecule has 0 aromatic heterocycles. The zero-order valence-electron chi connectivity index (χ0n) is 13.6. The molecule has 26 heavy (non-hydrogen) atoms. The van der Waals surface area contributed by atoms with Crippen LogP contribution in [0.3, 0.4) is 0 Å². The number of carboxylic acid groups (broad SMARTS) is 2. The Bertz CT molecular complexity index is 853. The maximum atomic E-state index is 11.6. The first-order valence-corrected chi connectivity index (χ1v) is 7.35. The highest BCUT2D eigenvalue weighted by atomic mass is 16.5. The molecule has 6 nitrogen and oxygen atoms in total. The number of hydrogen-bond donors (Lipinski definition) is 2. The molecule has 0 saturated carbocycles. The molecule has 0 unspecified atom stereocenters. The molecule has 0 aliphatic carbocycles. The third-order valence-corrected chi connectivity index (χ3v) is 3.38.